The molecule has 0 aromatic carbocycles. The monoisotopic (exact) mass is 224 g/mol. The first kappa shape index (κ1) is 5.87. The molecule has 1 aromatic heterocycles. The average Bonchev–Trinajstić information content (AvgIpc) is 1.77. The van der Waals surface area contributed by atoms with Crippen molar-refractivity contribution in [2.75, 3.05) is 0 Å². The average molecular weight is 224 g/mol. The van der Waals surface area contributed by atoms with Crippen molar-refractivity contribution in [3.05, 3.63) is 22.0 Å². The van der Waals surface area contributed by atoms with E-state index >= 15 is 0 Å². The molecule has 0 saturated carbocycles. The highest BCUT2D eigenvalue weighted by atomic mass is 127. The van der Waals surface area contributed by atoms with Crippen molar-refractivity contribution in [2.24, 2.45) is 0 Å². The van der Waals surface area contributed by atoms with Gasteiger partial charge in [0.15, 0.2) is 9.65 Å². The van der Waals surface area contributed by atoms with Crippen molar-refractivity contribution >= 4 is 22.6 Å². The van der Waals surface area contributed by atoms with E-state index in [4.69, 9.17) is 0 Å². The molecule has 0 aliphatic carbocycles. The predicted molar refractivity (Wildman–Crippen MR) is 34.7 cm³/mol. The Balaban J connectivity index is 3.03. The van der Waals surface area contributed by atoms with Gasteiger partial charge in [-0.25, -0.2) is 14.4 Å². The fourth-order valence-corrected chi connectivity index (χ4v) is 0.575. The van der Waals surface area contributed by atoms with Gasteiger partial charge in [-0.2, -0.15) is 0 Å². The summed E-state index contributed by atoms with van der Waals surface area (Å²) >= 11 is 1.91. The van der Waals surface area contributed by atoms with Crippen molar-refractivity contribution in [3.63, 3.8) is 0 Å². The van der Waals surface area contributed by atoms with E-state index < -0.39 is 5.82 Å². The third kappa shape index (κ3) is 1.36. The normalized spacial score (nSPS) is 9.25. The number of rotatable bonds is 0. The van der Waals surface area contributed by atoms with Crippen molar-refractivity contribution in [2.45, 2.75) is 0 Å². The van der Waals surface area contributed by atoms with E-state index in [2.05, 4.69) is 9.97 Å². The van der Waals surface area contributed by atoms with Crippen LogP contribution in [0.1, 0.15) is 0 Å². The molecule has 0 atom stereocenters. The van der Waals surface area contributed by atoms with E-state index in [-0.39, 0.29) is 0 Å². The molecule has 0 bridgehead atoms. The largest absolute Gasteiger partial charge is 0.229 e. The Morgan fingerprint density at radius 2 is 1.88 bits per heavy atom. The molecule has 1 aromatic rings. The van der Waals surface area contributed by atoms with Crippen LogP contribution in [0.25, 0.3) is 0 Å². The Morgan fingerprint density at radius 1 is 1.38 bits per heavy atom. The van der Waals surface area contributed by atoms with E-state index in [1.165, 1.54) is 0 Å². The SMILES string of the molecule is Fc1cnc(I)nc1. The lowest BCUT2D eigenvalue weighted by molar-refractivity contribution is 0.611. The van der Waals surface area contributed by atoms with Crippen LogP contribution in [-0.2, 0) is 0 Å². The van der Waals surface area contributed by atoms with Crippen molar-refractivity contribution in [3.8, 4) is 0 Å². The molecule has 0 fully saturated rings. The van der Waals surface area contributed by atoms with Gasteiger partial charge in [-0.3, -0.25) is 0 Å². The van der Waals surface area contributed by atoms with Gasteiger partial charge in [0.1, 0.15) is 0 Å². The van der Waals surface area contributed by atoms with Crippen LogP contribution in [0, 0.1) is 9.65 Å². The second-order valence-corrected chi connectivity index (χ2v) is 2.14. The first-order valence-electron chi connectivity index (χ1n) is 1.92. The smallest absolute Gasteiger partial charge is 0.190 e. The number of nitrogens with zero attached hydrogens (tertiary/aromatic N) is 2. The molecular weight excluding hydrogens is 222 g/mol. The number of hydrogen-bond acceptors (Lipinski definition) is 2. The Hall–Kier alpha value is -0.260. The molecule has 0 N–H and O–H groups in total. The van der Waals surface area contributed by atoms with E-state index in [0.29, 0.717) is 3.83 Å². The Morgan fingerprint density at radius 3 is 2.25 bits per heavy atom. The minimum absolute atomic E-state index is 0.398. The van der Waals surface area contributed by atoms with Crippen LogP contribution in [0.4, 0.5) is 4.39 Å². The maximum atomic E-state index is 12.0. The van der Waals surface area contributed by atoms with E-state index in [0.717, 1.165) is 12.4 Å². The Labute approximate surface area is 59.3 Å². The summed E-state index contributed by atoms with van der Waals surface area (Å²) in [6.07, 6.45) is 2.27. The Kier molecular flexibility index (Phi) is 1.72. The maximum absolute atomic E-state index is 12.0. The third-order valence-electron chi connectivity index (χ3n) is 0.589. The summed E-state index contributed by atoms with van der Waals surface area (Å²) in [6, 6.07) is 0. The number of halogens is 2. The zero-order valence-electron chi connectivity index (χ0n) is 3.81. The van der Waals surface area contributed by atoms with Gasteiger partial charge in [0.2, 0.25) is 0 Å². The second-order valence-electron chi connectivity index (χ2n) is 1.17. The molecule has 0 aliphatic rings. The summed E-state index contributed by atoms with van der Waals surface area (Å²) in [5, 5.41) is 0. The van der Waals surface area contributed by atoms with Crippen LogP contribution in [0.3, 0.4) is 0 Å². The standard InChI is InChI=1S/C4H2FIN2/c5-3-1-7-4(6)8-2-3/h1-2H. The number of hydrogen-bond donors (Lipinski definition) is 0. The third-order valence-corrected chi connectivity index (χ3v) is 1.15. The van der Waals surface area contributed by atoms with E-state index in [1.807, 2.05) is 22.6 Å². The van der Waals surface area contributed by atoms with Crippen LogP contribution in [-0.4, -0.2) is 9.97 Å². The fraction of sp³-hybridized carbons (Fsp3) is 0. The molecule has 2 nitrogen and oxygen atoms in total. The summed E-state index contributed by atoms with van der Waals surface area (Å²) in [6.45, 7) is 0. The fourth-order valence-electron chi connectivity index (χ4n) is 0.297. The van der Waals surface area contributed by atoms with Gasteiger partial charge in [-0.1, -0.05) is 0 Å². The molecule has 4 heteroatoms. The lowest BCUT2D eigenvalue weighted by Crippen LogP contribution is -1.85. The first-order chi connectivity index (χ1) is 3.79. The molecule has 0 radical (unpaired) electrons. The number of aromatic nitrogens is 2. The summed E-state index contributed by atoms with van der Waals surface area (Å²) in [4.78, 5) is 7.16. The highest BCUT2D eigenvalue weighted by molar-refractivity contribution is 14.1. The zero-order valence-corrected chi connectivity index (χ0v) is 5.96. The predicted octanol–water partition coefficient (Wildman–Crippen LogP) is 1.22. The van der Waals surface area contributed by atoms with Gasteiger partial charge in [0, 0.05) is 22.6 Å². The molecule has 0 saturated heterocycles. The van der Waals surface area contributed by atoms with Crippen LogP contribution in [0.5, 0.6) is 0 Å². The zero-order chi connectivity index (χ0) is 5.98. The minimum atomic E-state index is -0.398. The lowest BCUT2D eigenvalue weighted by Gasteiger charge is -1.84. The van der Waals surface area contributed by atoms with Crippen molar-refractivity contribution < 1.29 is 4.39 Å². The van der Waals surface area contributed by atoms with Crippen LogP contribution in [0.2, 0.25) is 0 Å². The quantitative estimate of drug-likeness (QED) is 0.489. The topological polar surface area (TPSA) is 25.8 Å². The van der Waals surface area contributed by atoms with Gasteiger partial charge in [-0.05, 0) is 0 Å². The van der Waals surface area contributed by atoms with Gasteiger partial charge in [-0.15, -0.1) is 0 Å². The summed E-state index contributed by atoms with van der Waals surface area (Å²) in [5.74, 6) is -0.398. The van der Waals surface area contributed by atoms with Gasteiger partial charge < -0.3 is 0 Å². The summed E-state index contributed by atoms with van der Waals surface area (Å²) < 4.78 is 12.5. The highest BCUT2D eigenvalue weighted by Gasteiger charge is 1.87. The van der Waals surface area contributed by atoms with E-state index in [9.17, 15) is 4.39 Å². The van der Waals surface area contributed by atoms with Crippen LogP contribution < -0.4 is 0 Å². The molecule has 0 spiro atoms. The molecule has 42 valence electrons. The van der Waals surface area contributed by atoms with Gasteiger partial charge >= 0.3 is 0 Å². The second kappa shape index (κ2) is 2.34. The van der Waals surface area contributed by atoms with Gasteiger partial charge in [0.05, 0.1) is 12.4 Å². The summed E-state index contributed by atoms with van der Waals surface area (Å²) in [5.41, 5.74) is 0. The molecule has 8 heavy (non-hydrogen) atoms. The van der Waals surface area contributed by atoms with Crippen LogP contribution in [0.15, 0.2) is 12.4 Å². The van der Waals surface area contributed by atoms with Crippen molar-refractivity contribution in [1.82, 2.24) is 9.97 Å². The van der Waals surface area contributed by atoms with E-state index in [1.54, 1.807) is 0 Å². The van der Waals surface area contributed by atoms with Crippen molar-refractivity contribution in [1.29, 1.82) is 0 Å². The highest BCUT2D eigenvalue weighted by Crippen LogP contribution is 1.94. The van der Waals surface area contributed by atoms with Gasteiger partial charge in [0.25, 0.3) is 0 Å². The van der Waals surface area contributed by atoms with Crippen LogP contribution >= 0.6 is 22.6 Å². The molecular formula is C4H2FIN2. The molecule has 1 heterocycles. The molecule has 0 aliphatic heterocycles. The molecule has 0 unspecified atom stereocenters. The first-order valence-corrected chi connectivity index (χ1v) is 3.00. The minimum Gasteiger partial charge on any atom is -0.229 e. The molecule has 0 amide bonds. The maximum Gasteiger partial charge on any atom is 0.190 e. The Bertz CT molecular complexity index is 153. The molecule has 1 rings (SSSR count). The lowest BCUT2D eigenvalue weighted by atomic mass is 10.7. The summed E-state index contributed by atoms with van der Waals surface area (Å²) in [7, 11) is 0.